The van der Waals surface area contributed by atoms with Crippen LogP contribution in [0.25, 0.3) is 10.2 Å². The molecule has 0 aliphatic rings. The van der Waals surface area contributed by atoms with Crippen molar-refractivity contribution in [2.24, 2.45) is 7.05 Å². The number of aromatic nitrogens is 1. The zero-order chi connectivity index (χ0) is 18.7. The Balaban J connectivity index is 1.51. The van der Waals surface area contributed by atoms with Gasteiger partial charge >= 0.3 is 0 Å². The molecule has 3 rings (SSSR count). The summed E-state index contributed by atoms with van der Waals surface area (Å²) in [5.41, 5.74) is 8.16. The van der Waals surface area contributed by atoms with E-state index >= 15 is 0 Å². The van der Waals surface area contributed by atoms with Gasteiger partial charge in [-0.15, -0.1) is 11.3 Å². The van der Waals surface area contributed by atoms with Crippen molar-refractivity contribution < 1.29 is 14.4 Å². The molecule has 26 heavy (non-hydrogen) atoms. The first-order chi connectivity index (χ1) is 12.4. The molecule has 7 nitrogen and oxygen atoms in total. The summed E-state index contributed by atoms with van der Waals surface area (Å²) in [5.74, 6) is -1.15. The molecule has 0 fully saturated rings. The number of fused-ring (bicyclic) bond motifs is 1. The highest BCUT2D eigenvalue weighted by Gasteiger charge is 2.16. The molecule has 0 atom stereocenters. The van der Waals surface area contributed by atoms with E-state index in [1.54, 1.807) is 53.3 Å². The fourth-order valence-corrected chi connectivity index (χ4v) is 3.40. The summed E-state index contributed by atoms with van der Waals surface area (Å²) in [6, 6.07) is 10.3. The molecule has 2 aromatic heterocycles. The Morgan fingerprint density at radius 2 is 1.88 bits per heavy atom. The lowest BCUT2D eigenvalue weighted by Gasteiger charge is -2.07. The summed E-state index contributed by atoms with van der Waals surface area (Å²) >= 11 is 1.55. The Morgan fingerprint density at radius 3 is 2.58 bits per heavy atom. The van der Waals surface area contributed by atoms with Gasteiger partial charge in [-0.25, -0.2) is 0 Å². The van der Waals surface area contributed by atoms with Crippen molar-refractivity contribution in [3.05, 3.63) is 47.5 Å². The number of benzene rings is 1. The second kappa shape index (κ2) is 7.40. The zero-order valence-electron chi connectivity index (χ0n) is 14.1. The van der Waals surface area contributed by atoms with Gasteiger partial charge in [0.2, 0.25) is 5.91 Å². The molecule has 0 unspecified atom stereocenters. The number of ketones is 1. The first kappa shape index (κ1) is 17.7. The molecule has 0 saturated carbocycles. The first-order valence-electron chi connectivity index (χ1n) is 7.92. The first-order valence-corrected chi connectivity index (χ1v) is 8.80. The normalized spacial score (nSPS) is 10.7. The van der Waals surface area contributed by atoms with Crippen molar-refractivity contribution in [2.45, 2.75) is 6.42 Å². The predicted molar refractivity (Wildman–Crippen MR) is 102 cm³/mol. The second-order valence-electron chi connectivity index (χ2n) is 5.83. The summed E-state index contributed by atoms with van der Waals surface area (Å²) in [6.45, 7) is -0.202. The van der Waals surface area contributed by atoms with E-state index in [2.05, 4.69) is 10.6 Å². The number of carbonyl (C=O) groups excluding carboxylic acids is 3. The molecule has 0 radical (unpaired) electrons. The van der Waals surface area contributed by atoms with Gasteiger partial charge in [0.1, 0.15) is 5.69 Å². The molecule has 2 amide bonds. The number of carbonyl (C=O) groups is 3. The fraction of sp³-hybridized carbons (Fsp3) is 0.167. The Bertz CT molecular complexity index is 972. The van der Waals surface area contributed by atoms with Crippen LogP contribution in [0.3, 0.4) is 0 Å². The minimum Gasteiger partial charge on any atom is -0.399 e. The average Bonchev–Trinajstić information content (AvgIpc) is 3.18. The maximum absolute atomic E-state index is 12.3. The summed E-state index contributed by atoms with van der Waals surface area (Å²) in [5, 5.41) is 7.13. The highest BCUT2D eigenvalue weighted by Crippen LogP contribution is 2.23. The monoisotopic (exact) mass is 370 g/mol. The molecular weight excluding hydrogens is 352 g/mol. The summed E-state index contributed by atoms with van der Waals surface area (Å²) in [6.07, 6.45) is -0.313. The maximum atomic E-state index is 12.3. The summed E-state index contributed by atoms with van der Waals surface area (Å²) < 4.78 is 2.78. The van der Waals surface area contributed by atoms with Gasteiger partial charge in [0.05, 0.1) is 23.2 Å². The van der Waals surface area contributed by atoms with E-state index in [0.29, 0.717) is 17.1 Å². The van der Waals surface area contributed by atoms with E-state index in [0.717, 1.165) is 10.2 Å². The molecule has 0 aliphatic carbocycles. The number of nitrogens with zero attached hydrogens (tertiary/aromatic N) is 1. The number of nitrogen functional groups attached to an aromatic ring is 1. The maximum Gasteiger partial charge on any atom is 0.268 e. The summed E-state index contributed by atoms with van der Waals surface area (Å²) in [7, 11) is 1.80. The number of hydrogen-bond acceptors (Lipinski definition) is 5. The highest BCUT2D eigenvalue weighted by atomic mass is 32.1. The van der Waals surface area contributed by atoms with Gasteiger partial charge in [0, 0.05) is 18.4 Å². The number of Topliss-reactive ketones (excluding diaryl/α,β-unsaturated/α-hetero) is 1. The molecule has 2 heterocycles. The van der Waals surface area contributed by atoms with Crippen LogP contribution < -0.4 is 16.4 Å². The third-order valence-corrected chi connectivity index (χ3v) is 4.75. The van der Waals surface area contributed by atoms with Crippen LogP contribution in [0.15, 0.2) is 41.8 Å². The van der Waals surface area contributed by atoms with Crippen LogP contribution in [0.2, 0.25) is 0 Å². The van der Waals surface area contributed by atoms with Crippen molar-refractivity contribution >= 4 is 50.5 Å². The minimum atomic E-state index is -0.437. The fourth-order valence-electron chi connectivity index (χ4n) is 2.55. The Morgan fingerprint density at radius 1 is 1.15 bits per heavy atom. The van der Waals surface area contributed by atoms with Crippen LogP contribution in [0, 0.1) is 0 Å². The van der Waals surface area contributed by atoms with Gasteiger partial charge in [-0.3, -0.25) is 14.4 Å². The number of rotatable bonds is 6. The molecular formula is C18H18N4O3S. The van der Waals surface area contributed by atoms with Gasteiger partial charge in [-0.2, -0.15) is 0 Å². The van der Waals surface area contributed by atoms with Crippen LogP contribution in [0.1, 0.15) is 16.9 Å². The van der Waals surface area contributed by atoms with E-state index in [1.807, 2.05) is 11.4 Å². The number of thiophene rings is 1. The quantitative estimate of drug-likeness (QED) is 0.456. The van der Waals surface area contributed by atoms with Crippen molar-refractivity contribution in [1.29, 1.82) is 0 Å². The SMILES string of the molecule is Cn1c(C(=O)NCC(=O)CC(=O)Nc2ccc(N)cc2)cc2sccc21. The third kappa shape index (κ3) is 3.92. The van der Waals surface area contributed by atoms with Crippen LogP contribution in [0.5, 0.6) is 0 Å². The zero-order valence-corrected chi connectivity index (χ0v) is 14.9. The van der Waals surface area contributed by atoms with Crippen molar-refractivity contribution in [2.75, 3.05) is 17.6 Å². The van der Waals surface area contributed by atoms with E-state index < -0.39 is 5.91 Å². The van der Waals surface area contributed by atoms with Crippen LogP contribution in [0.4, 0.5) is 11.4 Å². The van der Waals surface area contributed by atoms with Crippen LogP contribution >= 0.6 is 11.3 Å². The Labute approximate surface area is 153 Å². The summed E-state index contributed by atoms with van der Waals surface area (Å²) in [4.78, 5) is 36.1. The molecule has 1 aromatic carbocycles. The van der Waals surface area contributed by atoms with Gasteiger partial charge in [0.15, 0.2) is 5.78 Å². The minimum absolute atomic E-state index is 0.202. The molecule has 0 spiro atoms. The number of amides is 2. The lowest BCUT2D eigenvalue weighted by molar-refractivity contribution is -0.124. The molecule has 0 bridgehead atoms. The smallest absolute Gasteiger partial charge is 0.268 e. The van der Waals surface area contributed by atoms with E-state index in [4.69, 9.17) is 5.73 Å². The van der Waals surface area contributed by atoms with Crippen LogP contribution in [-0.2, 0) is 16.6 Å². The standard InChI is InChI=1S/C18H18N4O3S/c1-22-14-6-7-26-16(14)9-15(22)18(25)20-10-13(23)8-17(24)21-12-4-2-11(19)3-5-12/h2-7,9H,8,10,19H2,1H3,(H,20,25)(H,21,24). The van der Waals surface area contributed by atoms with Gasteiger partial charge in [-0.1, -0.05) is 0 Å². The molecule has 0 aliphatic heterocycles. The molecule has 134 valence electrons. The van der Waals surface area contributed by atoms with E-state index in [1.165, 1.54) is 0 Å². The van der Waals surface area contributed by atoms with Gasteiger partial charge in [-0.05, 0) is 41.8 Å². The lowest BCUT2D eigenvalue weighted by Crippen LogP contribution is -2.32. The number of hydrogen-bond donors (Lipinski definition) is 3. The number of aryl methyl sites for hydroxylation is 1. The lowest BCUT2D eigenvalue weighted by atomic mass is 10.2. The van der Waals surface area contributed by atoms with Gasteiger partial charge in [0.25, 0.3) is 5.91 Å². The highest BCUT2D eigenvalue weighted by molar-refractivity contribution is 7.17. The molecule has 8 heteroatoms. The second-order valence-corrected chi connectivity index (χ2v) is 6.77. The number of nitrogens with two attached hydrogens (primary N) is 1. The number of nitrogens with one attached hydrogen (secondary N) is 2. The van der Waals surface area contributed by atoms with Crippen LogP contribution in [-0.4, -0.2) is 28.7 Å². The number of anilines is 2. The predicted octanol–water partition coefficient (Wildman–Crippen LogP) is 2.15. The molecule has 3 aromatic rings. The Hall–Kier alpha value is -3.13. The molecule has 4 N–H and O–H groups in total. The van der Waals surface area contributed by atoms with E-state index in [9.17, 15) is 14.4 Å². The topological polar surface area (TPSA) is 106 Å². The van der Waals surface area contributed by atoms with E-state index in [-0.39, 0.29) is 24.7 Å². The third-order valence-electron chi connectivity index (χ3n) is 3.89. The Kier molecular flexibility index (Phi) is 5.04. The largest absolute Gasteiger partial charge is 0.399 e. The van der Waals surface area contributed by atoms with Crippen molar-refractivity contribution in [3.63, 3.8) is 0 Å². The van der Waals surface area contributed by atoms with Crippen molar-refractivity contribution in [1.82, 2.24) is 9.88 Å². The van der Waals surface area contributed by atoms with Crippen molar-refractivity contribution in [3.8, 4) is 0 Å². The van der Waals surface area contributed by atoms with Gasteiger partial charge < -0.3 is 20.9 Å². The average molecular weight is 370 g/mol. The molecule has 0 saturated heterocycles.